The van der Waals surface area contributed by atoms with Crippen molar-refractivity contribution >= 4 is 21.4 Å². The van der Waals surface area contributed by atoms with Gasteiger partial charge in [-0.15, -0.1) is 0 Å². The van der Waals surface area contributed by atoms with E-state index in [9.17, 15) is 13.2 Å². The lowest BCUT2D eigenvalue weighted by Gasteiger charge is -2.12. The summed E-state index contributed by atoms with van der Waals surface area (Å²) in [4.78, 5) is 12.2. The number of rotatable bonds is 4. The van der Waals surface area contributed by atoms with E-state index >= 15 is 0 Å². The number of carbonyl (C=O) groups excluding carboxylic acids is 1. The van der Waals surface area contributed by atoms with Crippen LogP contribution in [-0.4, -0.2) is 36.4 Å². The highest BCUT2D eigenvalue weighted by Crippen LogP contribution is 2.37. The largest absolute Gasteiger partial charge is 0.397 e. The highest BCUT2D eigenvalue weighted by Gasteiger charge is 2.32. The maximum Gasteiger partial charge on any atom is 0.268 e. The van der Waals surface area contributed by atoms with E-state index in [1.54, 1.807) is 12.3 Å². The van der Waals surface area contributed by atoms with Crippen molar-refractivity contribution in [3.05, 3.63) is 18.0 Å². The Morgan fingerprint density at radius 2 is 2.15 bits per heavy atom. The average molecular weight is 297 g/mol. The Balaban J connectivity index is 1.68. The molecule has 20 heavy (non-hydrogen) atoms. The van der Waals surface area contributed by atoms with Gasteiger partial charge in [-0.05, 0) is 31.7 Å². The van der Waals surface area contributed by atoms with Crippen LogP contribution in [0.15, 0.2) is 12.3 Å². The number of nitrogens with one attached hydrogen (secondary N) is 1. The predicted molar refractivity (Wildman–Crippen MR) is 76.3 cm³/mol. The van der Waals surface area contributed by atoms with Crippen molar-refractivity contribution in [1.82, 2.24) is 9.88 Å². The number of nitrogen functional groups attached to an aromatic ring is 1. The molecule has 3 rings (SSSR count). The van der Waals surface area contributed by atoms with Gasteiger partial charge in [0.2, 0.25) is 0 Å². The molecule has 0 bridgehead atoms. The molecule has 0 aromatic carbocycles. The summed E-state index contributed by atoms with van der Waals surface area (Å²) in [5.74, 6) is -0.00504. The lowest BCUT2D eigenvalue weighted by molar-refractivity contribution is 0.0944. The lowest BCUT2D eigenvalue weighted by atomic mass is 10.2. The van der Waals surface area contributed by atoms with Crippen LogP contribution in [0.25, 0.3) is 0 Å². The van der Waals surface area contributed by atoms with Gasteiger partial charge in [-0.1, -0.05) is 0 Å². The van der Waals surface area contributed by atoms with Gasteiger partial charge in [0.25, 0.3) is 5.91 Å². The Kier molecular flexibility index (Phi) is 3.24. The van der Waals surface area contributed by atoms with E-state index in [2.05, 4.69) is 5.32 Å². The topological polar surface area (TPSA) is 94.2 Å². The number of carbonyl (C=O) groups is 1. The zero-order valence-corrected chi connectivity index (χ0v) is 12.0. The molecular weight excluding hydrogens is 278 g/mol. The van der Waals surface area contributed by atoms with Crippen LogP contribution >= 0.6 is 0 Å². The summed E-state index contributed by atoms with van der Waals surface area (Å²) in [5.41, 5.74) is 6.84. The van der Waals surface area contributed by atoms with Gasteiger partial charge in [0, 0.05) is 18.8 Å². The van der Waals surface area contributed by atoms with E-state index in [-0.39, 0.29) is 18.2 Å². The van der Waals surface area contributed by atoms with Crippen molar-refractivity contribution in [1.29, 1.82) is 0 Å². The molecule has 0 spiro atoms. The highest BCUT2D eigenvalue weighted by atomic mass is 32.2. The molecule has 2 heterocycles. The van der Waals surface area contributed by atoms with Crippen LogP contribution in [0.1, 0.15) is 42.2 Å². The minimum Gasteiger partial charge on any atom is -0.397 e. The summed E-state index contributed by atoms with van der Waals surface area (Å²) >= 11 is 0. The molecule has 1 aromatic heterocycles. The van der Waals surface area contributed by atoms with Crippen LogP contribution < -0.4 is 11.1 Å². The minimum absolute atomic E-state index is 0.191. The number of nitrogens with zero attached hydrogens (tertiary/aromatic N) is 1. The average Bonchev–Trinajstić information content (AvgIpc) is 3.07. The first-order valence-electron chi connectivity index (χ1n) is 6.94. The lowest BCUT2D eigenvalue weighted by Crippen LogP contribution is -2.35. The fourth-order valence-corrected chi connectivity index (χ4v) is 4.49. The molecule has 1 aromatic rings. The fourth-order valence-electron chi connectivity index (χ4n) is 2.72. The van der Waals surface area contributed by atoms with Crippen molar-refractivity contribution in [2.24, 2.45) is 0 Å². The van der Waals surface area contributed by atoms with Gasteiger partial charge in [-0.2, -0.15) is 0 Å². The molecular formula is C13H19N3O3S. The number of nitrogens with two attached hydrogens (primary N) is 1. The molecule has 1 atom stereocenters. The normalized spacial score (nSPS) is 24.7. The van der Waals surface area contributed by atoms with Gasteiger partial charge in [0.15, 0.2) is 9.84 Å². The van der Waals surface area contributed by atoms with Crippen molar-refractivity contribution in [2.75, 3.05) is 18.0 Å². The summed E-state index contributed by atoms with van der Waals surface area (Å²) in [6, 6.07) is 2.01. The molecule has 1 unspecified atom stereocenters. The van der Waals surface area contributed by atoms with Crippen LogP contribution in [0.4, 0.5) is 5.69 Å². The van der Waals surface area contributed by atoms with E-state index in [1.807, 2.05) is 4.57 Å². The number of amides is 1. The second-order valence-corrected chi connectivity index (χ2v) is 8.04. The number of sulfone groups is 1. The zero-order chi connectivity index (χ0) is 14.3. The Morgan fingerprint density at radius 3 is 2.75 bits per heavy atom. The maximum atomic E-state index is 12.2. The van der Waals surface area contributed by atoms with Crippen LogP contribution in [0, 0.1) is 0 Å². The third kappa shape index (κ3) is 2.54. The summed E-state index contributed by atoms with van der Waals surface area (Å²) in [7, 11) is -3.02. The van der Waals surface area contributed by atoms with Crippen molar-refractivity contribution < 1.29 is 13.2 Å². The third-order valence-corrected chi connectivity index (χ3v) is 6.27. The fraction of sp³-hybridized carbons (Fsp3) is 0.615. The monoisotopic (exact) mass is 297 g/mol. The third-order valence-electron chi connectivity index (χ3n) is 4.00. The molecule has 1 saturated carbocycles. The molecule has 1 aliphatic carbocycles. The van der Waals surface area contributed by atoms with E-state index in [0.717, 1.165) is 12.8 Å². The molecule has 6 nitrogen and oxygen atoms in total. The highest BCUT2D eigenvalue weighted by molar-refractivity contribution is 7.92. The quantitative estimate of drug-likeness (QED) is 0.856. The van der Waals surface area contributed by atoms with Gasteiger partial charge < -0.3 is 15.6 Å². The van der Waals surface area contributed by atoms with Crippen LogP contribution in [-0.2, 0) is 9.84 Å². The second-order valence-electron chi connectivity index (χ2n) is 5.64. The molecule has 1 saturated heterocycles. The van der Waals surface area contributed by atoms with E-state index in [1.165, 1.54) is 0 Å². The summed E-state index contributed by atoms with van der Waals surface area (Å²) in [5, 5.41) is 2.30. The van der Waals surface area contributed by atoms with E-state index in [0.29, 0.717) is 30.3 Å². The molecule has 1 amide bonds. The first-order valence-corrected chi connectivity index (χ1v) is 8.66. The van der Waals surface area contributed by atoms with Crippen molar-refractivity contribution in [3.8, 4) is 0 Å². The van der Waals surface area contributed by atoms with Gasteiger partial charge in [0.1, 0.15) is 5.69 Å². The van der Waals surface area contributed by atoms with Gasteiger partial charge in [-0.3, -0.25) is 4.79 Å². The first-order chi connectivity index (χ1) is 9.47. The predicted octanol–water partition coefficient (Wildman–Crippen LogP) is 0.712. The van der Waals surface area contributed by atoms with E-state index < -0.39 is 15.1 Å². The zero-order valence-electron chi connectivity index (χ0n) is 11.2. The van der Waals surface area contributed by atoms with Crippen molar-refractivity contribution in [3.63, 3.8) is 0 Å². The maximum absolute atomic E-state index is 12.2. The van der Waals surface area contributed by atoms with Crippen molar-refractivity contribution in [2.45, 2.75) is 37.0 Å². The molecule has 3 N–H and O–H groups in total. The molecule has 1 aliphatic heterocycles. The summed E-state index contributed by atoms with van der Waals surface area (Å²) < 4.78 is 25.3. The first kappa shape index (κ1) is 13.5. The molecule has 0 radical (unpaired) electrons. The molecule has 110 valence electrons. The summed E-state index contributed by atoms with van der Waals surface area (Å²) in [6.07, 6.45) is 5.22. The number of aromatic nitrogens is 1. The molecule has 2 fully saturated rings. The standard InChI is InChI=1S/C13H19N3O3S/c14-9-6-12(16(8-9)10-3-4-10)13(17)15-7-11-2-1-5-20(11,18)19/h6,8,10-11H,1-5,7,14H2,(H,15,17). The Hall–Kier alpha value is -1.50. The van der Waals surface area contributed by atoms with Gasteiger partial charge in [0.05, 0.1) is 16.7 Å². The number of hydrogen-bond donors (Lipinski definition) is 2. The SMILES string of the molecule is Nc1cc(C(=O)NCC2CCCS2(=O)=O)n(C2CC2)c1. The molecule has 2 aliphatic rings. The summed E-state index contributed by atoms with van der Waals surface area (Å²) in [6.45, 7) is 0.191. The van der Waals surface area contributed by atoms with Gasteiger partial charge >= 0.3 is 0 Å². The van der Waals surface area contributed by atoms with Crippen LogP contribution in [0.2, 0.25) is 0 Å². The van der Waals surface area contributed by atoms with Crippen LogP contribution in [0.5, 0.6) is 0 Å². The molecule has 7 heteroatoms. The Labute approximate surface area is 118 Å². The van der Waals surface area contributed by atoms with Crippen LogP contribution in [0.3, 0.4) is 0 Å². The van der Waals surface area contributed by atoms with E-state index in [4.69, 9.17) is 5.73 Å². The minimum atomic E-state index is -3.02. The second kappa shape index (κ2) is 4.80. The Morgan fingerprint density at radius 1 is 1.40 bits per heavy atom. The number of hydrogen-bond acceptors (Lipinski definition) is 4. The number of anilines is 1. The Bertz CT molecular complexity index is 631. The smallest absolute Gasteiger partial charge is 0.268 e. The van der Waals surface area contributed by atoms with Gasteiger partial charge in [-0.25, -0.2) is 8.42 Å².